The van der Waals surface area contributed by atoms with Crippen LogP contribution in [-0.4, -0.2) is 15.0 Å². The Morgan fingerprint density at radius 3 is 2.55 bits per heavy atom. The fourth-order valence-electron chi connectivity index (χ4n) is 1.88. The molecule has 1 aromatic carbocycles. The van der Waals surface area contributed by atoms with Gasteiger partial charge in [-0.25, -0.2) is 15.0 Å². The van der Waals surface area contributed by atoms with Crippen molar-refractivity contribution < 1.29 is 0 Å². The van der Waals surface area contributed by atoms with Gasteiger partial charge in [-0.05, 0) is 50.9 Å². The van der Waals surface area contributed by atoms with Gasteiger partial charge in [0.15, 0.2) is 5.82 Å². The van der Waals surface area contributed by atoms with E-state index in [2.05, 4.69) is 46.8 Å². The van der Waals surface area contributed by atoms with E-state index in [9.17, 15) is 0 Å². The molecule has 2 heterocycles. The molecule has 0 saturated carbocycles. The molecule has 0 fully saturated rings. The van der Waals surface area contributed by atoms with Crippen LogP contribution >= 0.6 is 43.5 Å². The number of nitrogens with zero attached hydrogens (tertiary/aromatic N) is 3. The maximum atomic E-state index is 6.10. The van der Waals surface area contributed by atoms with E-state index < -0.39 is 0 Å². The van der Waals surface area contributed by atoms with E-state index in [1.165, 1.54) is 0 Å². The molecule has 0 amide bonds. The van der Waals surface area contributed by atoms with Gasteiger partial charge in [-0.3, -0.25) is 0 Å². The van der Waals surface area contributed by atoms with Crippen LogP contribution in [-0.2, 0) is 0 Å². The number of halogens is 3. The summed E-state index contributed by atoms with van der Waals surface area (Å²) in [5, 5.41) is 1.44. The van der Waals surface area contributed by atoms with Crippen molar-refractivity contribution in [2.24, 2.45) is 0 Å². The topological polar surface area (TPSA) is 38.7 Å². The number of benzene rings is 1. The molecule has 0 spiro atoms. The summed E-state index contributed by atoms with van der Waals surface area (Å²) in [4.78, 5) is 13.3. The number of aryl methyl sites for hydroxylation is 1. The van der Waals surface area contributed by atoms with E-state index in [0.29, 0.717) is 21.1 Å². The van der Waals surface area contributed by atoms with Gasteiger partial charge in [-0.15, -0.1) is 0 Å². The number of aromatic nitrogens is 3. The van der Waals surface area contributed by atoms with Crippen molar-refractivity contribution in [2.45, 2.75) is 6.92 Å². The lowest BCUT2D eigenvalue weighted by molar-refractivity contribution is 1.08. The number of fused-ring (bicyclic) bond motifs is 1. The highest BCUT2D eigenvalue weighted by Crippen LogP contribution is 2.31. The zero-order valence-corrected chi connectivity index (χ0v) is 14.3. The van der Waals surface area contributed by atoms with Crippen LogP contribution in [0.4, 0.5) is 0 Å². The number of rotatable bonds is 1. The monoisotopic (exact) mass is 411 g/mol. The molecule has 3 aromatic rings. The SMILES string of the molecule is Cc1nc(-c2nc3ccccc3cc2Br)nc(Cl)c1Br. The Hall–Kier alpha value is -1.04. The minimum Gasteiger partial charge on any atom is -0.243 e. The quantitative estimate of drug-likeness (QED) is 0.516. The van der Waals surface area contributed by atoms with Crippen molar-refractivity contribution in [2.75, 3.05) is 0 Å². The van der Waals surface area contributed by atoms with Crippen LogP contribution in [0.3, 0.4) is 0 Å². The maximum absolute atomic E-state index is 6.10. The van der Waals surface area contributed by atoms with Gasteiger partial charge in [-0.2, -0.15) is 0 Å². The molecule has 3 rings (SSSR count). The Morgan fingerprint density at radius 1 is 1.05 bits per heavy atom. The molecule has 0 atom stereocenters. The maximum Gasteiger partial charge on any atom is 0.181 e. The first-order chi connectivity index (χ1) is 9.56. The summed E-state index contributed by atoms with van der Waals surface area (Å²) in [6.45, 7) is 1.87. The third kappa shape index (κ3) is 2.45. The van der Waals surface area contributed by atoms with Gasteiger partial charge in [0, 0.05) is 9.86 Å². The van der Waals surface area contributed by atoms with Crippen LogP contribution in [0.1, 0.15) is 5.69 Å². The average Bonchev–Trinajstić information content (AvgIpc) is 2.43. The van der Waals surface area contributed by atoms with E-state index in [0.717, 1.165) is 21.1 Å². The highest BCUT2D eigenvalue weighted by molar-refractivity contribution is 9.11. The lowest BCUT2D eigenvalue weighted by atomic mass is 10.2. The Morgan fingerprint density at radius 2 is 1.80 bits per heavy atom. The van der Waals surface area contributed by atoms with E-state index in [4.69, 9.17) is 11.6 Å². The molecule has 0 N–H and O–H groups in total. The summed E-state index contributed by atoms with van der Waals surface area (Å²) in [6.07, 6.45) is 0. The Bertz CT molecular complexity index is 798. The lowest BCUT2D eigenvalue weighted by Crippen LogP contribution is -1.97. The van der Waals surface area contributed by atoms with Crippen molar-refractivity contribution in [3.63, 3.8) is 0 Å². The molecule has 0 aliphatic heterocycles. The van der Waals surface area contributed by atoms with Gasteiger partial charge in [0.1, 0.15) is 10.8 Å². The standard InChI is InChI=1S/C14H8Br2ClN3/c1-7-11(16)13(17)20-14(18-7)12-9(15)6-8-4-2-3-5-10(8)19-12/h2-6H,1H3. The summed E-state index contributed by atoms with van der Waals surface area (Å²) in [5.41, 5.74) is 2.36. The van der Waals surface area contributed by atoms with Gasteiger partial charge < -0.3 is 0 Å². The van der Waals surface area contributed by atoms with Gasteiger partial charge in [0.05, 0.1) is 15.7 Å². The highest BCUT2D eigenvalue weighted by atomic mass is 79.9. The summed E-state index contributed by atoms with van der Waals surface area (Å²) in [5.74, 6) is 0.508. The van der Waals surface area contributed by atoms with Gasteiger partial charge in [0.25, 0.3) is 0 Å². The van der Waals surface area contributed by atoms with E-state index >= 15 is 0 Å². The van der Waals surface area contributed by atoms with Crippen LogP contribution in [0.2, 0.25) is 5.15 Å². The van der Waals surface area contributed by atoms with Crippen LogP contribution in [0.5, 0.6) is 0 Å². The molecule has 0 aliphatic rings. The van der Waals surface area contributed by atoms with Crippen molar-refractivity contribution >= 4 is 54.4 Å². The molecule has 0 saturated heterocycles. The number of hydrogen-bond donors (Lipinski definition) is 0. The van der Waals surface area contributed by atoms with Crippen LogP contribution in [0.25, 0.3) is 22.4 Å². The largest absolute Gasteiger partial charge is 0.243 e. The molecule has 0 unspecified atom stereocenters. The normalized spacial score (nSPS) is 11.0. The Kier molecular flexibility index (Phi) is 3.75. The summed E-state index contributed by atoms with van der Waals surface area (Å²) < 4.78 is 1.55. The molecule has 20 heavy (non-hydrogen) atoms. The van der Waals surface area contributed by atoms with Gasteiger partial charge >= 0.3 is 0 Å². The van der Waals surface area contributed by atoms with Crippen molar-refractivity contribution in [1.29, 1.82) is 0 Å². The Balaban J connectivity index is 2.26. The average molecular weight is 414 g/mol. The molecule has 2 aromatic heterocycles. The van der Waals surface area contributed by atoms with Crippen LogP contribution in [0.15, 0.2) is 39.3 Å². The smallest absolute Gasteiger partial charge is 0.181 e. The zero-order chi connectivity index (χ0) is 14.3. The second-order valence-corrected chi connectivity index (χ2v) is 6.25. The molecule has 6 heteroatoms. The van der Waals surface area contributed by atoms with Crippen LogP contribution < -0.4 is 0 Å². The third-order valence-electron chi connectivity index (χ3n) is 2.87. The summed E-state index contributed by atoms with van der Waals surface area (Å²) in [7, 11) is 0. The van der Waals surface area contributed by atoms with Crippen molar-refractivity contribution in [3.8, 4) is 11.5 Å². The molecule has 0 radical (unpaired) electrons. The predicted octanol–water partition coefficient (Wildman–Crippen LogP) is 5.18. The fourth-order valence-corrected chi connectivity index (χ4v) is 2.78. The third-order valence-corrected chi connectivity index (χ3v) is 4.92. The summed E-state index contributed by atoms with van der Waals surface area (Å²) in [6, 6.07) is 9.91. The van der Waals surface area contributed by atoms with Gasteiger partial charge in [-0.1, -0.05) is 29.8 Å². The van der Waals surface area contributed by atoms with E-state index in [-0.39, 0.29) is 0 Å². The van der Waals surface area contributed by atoms with Crippen molar-refractivity contribution in [3.05, 3.63) is 50.1 Å². The molecule has 0 bridgehead atoms. The van der Waals surface area contributed by atoms with E-state index in [1.54, 1.807) is 0 Å². The minimum absolute atomic E-state index is 0.384. The number of para-hydroxylation sites is 1. The summed E-state index contributed by atoms with van der Waals surface area (Å²) >= 11 is 13.0. The van der Waals surface area contributed by atoms with Crippen LogP contribution in [0, 0.1) is 6.92 Å². The highest BCUT2D eigenvalue weighted by Gasteiger charge is 2.14. The predicted molar refractivity (Wildman–Crippen MR) is 87.9 cm³/mol. The molecule has 100 valence electrons. The van der Waals surface area contributed by atoms with Crippen molar-refractivity contribution in [1.82, 2.24) is 15.0 Å². The molecular weight excluding hydrogens is 405 g/mol. The molecule has 0 aliphatic carbocycles. The zero-order valence-electron chi connectivity index (χ0n) is 10.4. The van der Waals surface area contributed by atoms with E-state index in [1.807, 2.05) is 37.3 Å². The fraction of sp³-hybridized carbons (Fsp3) is 0.0714. The number of hydrogen-bond acceptors (Lipinski definition) is 3. The second kappa shape index (κ2) is 5.39. The first kappa shape index (κ1) is 13.9. The first-order valence-electron chi connectivity index (χ1n) is 5.81. The molecular formula is C14H8Br2ClN3. The second-order valence-electron chi connectivity index (χ2n) is 4.25. The Labute approximate surface area is 137 Å². The molecule has 3 nitrogen and oxygen atoms in total. The van der Waals surface area contributed by atoms with Gasteiger partial charge in [0.2, 0.25) is 0 Å². The lowest BCUT2D eigenvalue weighted by Gasteiger charge is -2.07. The number of pyridine rings is 1. The first-order valence-corrected chi connectivity index (χ1v) is 7.78. The minimum atomic E-state index is 0.384.